The van der Waals surface area contributed by atoms with Crippen molar-refractivity contribution in [2.24, 2.45) is 11.7 Å². The number of nitrogens with two attached hydrogens (primary N) is 1. The number of hydrogen-bond donors (Lipinski definition) is 4. The summed E-state index contributed by atoms with van der Waals surface area (Å²) in [6.45, 7) is 3.20. The van der Waals surface area contributed by atoms with Crippen LogP contribution in [0.2, 0.25) is 0 Å². The van der Waals surface area contributed by atoms with E-state index in [0.29, 0.717) is 35.7 Å². The number of anilines is 1. The zero-order chi connectivity index (χ0) is 23.3. The van der Waals surface area contributed by atoms with Crippen molar-refractivity contribution in [1.82, 2.24) is 15.1 Å². The first-order chi connectivity index (χ1) is 15.4. The molecule has 0 amide bonds. The normalized spacial score (nSPS) is 14.5. The molecule has 0 spiro atoms. The Morgan fingerprint density at radius 3 is 2.62 bits per heavy atom. The van der Waals surface area contributed by atoms with E-state index in [1.54, 1.807) is 13.2 Å². The largest absolute Gasteiger partial charge is 0.398 e. The molecule has 1 fully saturated rings. The number of benzene rings is 1. The molecule has 0 atom stereocenters. The summed E-state index contributed by atoms with van der Waals surface area (Å²) in [5, 5.41) is 41.3. The number of aryl methyl sites for hydroxylation is 1. The molecule has 9 nitrogen and oxygen atoms in total. The van der Waals surface area contributed by atoms with Crippen molar-refractivity contribution in [1.29, 1.82) is 21.5 Å². The minimum Gasteiger partial charge on any atom is -0.398 e. The van der Waals surface area contributed by atoms with Crippen LogP contribution >= 0.6 is 0 Å². The second-order valence-corrected chi connectivity index (χ2v) is 7.76. The van der Waals surface area contributed by atoms with Crippen LogP contribution in [0.3, 0.4) is 0 Å². The average Bonchev–Trinajstić information content (AvgIpc) is 2.82. The van der Waals surface area contributed by atoms with Crippen LogP contribution in [0.4, 0.5) is 5.69 Å². The molecule has 2 heterocycles. The molecule has 0 saturated carbocycles. The average molecular weight is 430 g/mol. The molecular formula is C23H27N9. The number of allylic oxidation sites excluding steroid dienone is 1. The minimum absolute atomic E-state index is 0.0581. The fourth-order valence-corrected chi connectivity index (χ4v) is 4.04. The summed E-state index contributed by atoms with van der Waals surface area (Å²) in [5.74, 6) is 0.490. The van der Waals surface area contributed by atoms with Crippen molar-refractivity contribution in [3.05, 3.63) is 47.3 Å². The quantitative estimate of drug-likeness (QED) is 0.409. The highest BCUT2D eigenvalue weighted by Crippen LogP contribution is 2.39. The van der Waals surface area contributed by atoms with Crippen molar-refractivity contribution >= 4 is 29.8 Å². The van der Waals surface area contributed by atoms with E-state index >= 15 is 0 Å². The van der Waals surface area contributed by atoms with Gasteiger partial charge >= 0.3 is 0 Å². The Balaban J connectivity index is 2.08. The molecule has 1 saturated heterocycles. The van der Waals surface area contributed by atoms with Gasteiger partial charge in [0.1, 0.15) is 11.9 Å². The predicted molar refractivity (Wildman–Crippen MR) is 127 cm³/mol. The molecular weight excluding hydrogens is 402 g/mol. The van der Waals surface area contributed by atoms with Gasteiger partial charge in [0, 0.05) is 54.7 Å². The first-order valence-corrected chi connectivity index (χ1v) is 10.3. The van der Waals surface area contributed by atoms with Gasteiger partial charge in [-0.05, 0) is 31.9 Å². The van der Waals surface area contributed by atoms with Crippen LogP contribution in [0.15, 0.2) is 30.5 Å². The fourth-order valence-electron chi connectivity index (χ4n) is 4.04. The van der Waals surface area contributed by atoms with E-state index in [1.165, 1.54) is 11.0 Å². The van der Waals surface area contributed by atoms with E-state index in [4.69, 9.17) is 22.0 Å². The minimum atomic E-state index is 0.0581. The molecule has 3 rings (SSSR count). The van der Waals surface area contributed by atoms with Gasteiger partial charge in [0.15, 0.2) is 0 Å². The summed E-state index contributed by atoms with van der Waals surface area (Å²) in [5.41, 5.74) is 10.9. The zero-order valence-corrected chi connectivity index (χ0v) is 18.3. The molecule has 1 aromatic carbocycles. The summed E-state index contributed by atoms with van der Waals surface area (Å²) in [7, 11) is 1.72. The Morgan fingerprint density at radius 1 is 1.31 bits per heavy atom. The van der Waals surface area contributed by atoms with E-state index < -0.39 is 0 Å². The highest BCUT2D eigenvalue weighted by atomic mass is 15.2. The van der Waals surface area contributed by atoms with E-state index in [9.17, 15) is 5.26 Å². The molecule has 1 aromatic heterocycles. The standard InChI is InChI=1S/C23H27N9/c1-15-11-17(13-29-30-15)18-3-4-19(21(27)5-8-24)20(12-25)22(18)32-9-6-16(7-10-32)23(28)31(2)14-26/h3-5,8,11,13-14,16,24,26,28H,6-7,9-10,27H2,1-2H3. The highest BCUT2D eigenvalue weighted by molar-refractivity contribution is 5.92. The number of nitrogens with one attached hydrogen (secondary N) is 3. The van der Waals surface area contributed by atoms with Gasteiger partial charge in [0.05, 0.1) is 29.5 Å². The van der Waals surface area contributed by atoms with Crippen LogP contribution < -0.4 is 10.6 Å². The molecule has 5 N–H and O–H groups in total. The second kappa shape index (κ2) is 9.83. The third-order valence-corrected chi connectivity index (χ3v) is 5.72. The SMILES string of the molecule is Cc1cc(-c2ccc(C(N)=CC=N)c(C#N)c2N2CCC(C(=N)N(C)C=N)CC2)cnn1. The van der Waals surface area contributed by atoms with Gasteiger partial charge in [-0.15, -0.1) is 0 Å². The monoisotopic (exact) mass is 429 g/mol. The molecule has 0 radical (unpaired) electrons. The van der Waals surface area contributed by atoms with Crippen LogP contribution in [0.5, 0.6) is 0 Å². The molecule has 0 aliphatic carbocycles. The third kappa shape index (κ3) is 4.49. The zero-order valence-electron chi connectivity index (χ0n) is 18.3. The lowest BCUT2D eigenvalue weighted by Gasteiger charge is -2.37. The maximum absolute atomic E-state index is 10.1. The second-order valence-electron chi connectivity index (χ2n) is 7.76. The smallest absolute Gasteiger partial charge is 0.104 e. The van der Waals surface area contributed by atoms with Gasteiger partial charge in [-0.2, -0.15) is 15.5 Å². The number of nitrogens with zero attached hydrogens (tertiary/aromatic N) is 5. The van der Waals surface area contributed by atoms with Crippen LogP contribution in [0.1, 0.15) is 29.7 Å². The van der Waals surface area contributed by atoms with Crippen molar-refractivity contribution in [2.45, 2.75) is 19.8 Å². The Hall–Kier alpha value is -4.06. The van der Waals surface area contributed by atoms with E-state index in [1.807, 2.05) is 25.1 Å². The third-order valence-electron chi connectivity index (χ3n) is 5.72. The van der Waals surface area contributed by atoms with E-state index in [-0.39, 0.29) is 5.92 Å². The van der Waals surface area contributed by atoms with Gasteiger partial charge < -0.3 is 20.9 Å². The Bertz CT molecular complexity index is 1100. The van der Waals surface area contributed by atoms with Crippen molar-refractivity contribution in [2.75, 3.05) is 25.0 Å². The summed E-state index contributed by atoms with van der Waals surface area (Å²) in [4.78, 5) is 3.69. The molecule has 1 aliphatic heterocycles. The Kier molecular flexibility index (Phi) is 6.95. The molecule has 32 heavy (non-hydrogen) atoms. The molecule has 164 valence electrons. The number of hydrogen-bond acceptors (Lipinski definition) is 8. The highest BCUT2D eigenvalue weighted by Gasteiger charge is 2.28. The van der Waals surface area contributed by atoms with Crippen LogP contribution in [0, 0.1) is 40.4 Å². The summed E-state index contributed by atoms with van der Waals surface area (Å²) in [6.07, 6.45) is 6.90. The van der Waals surface area contributed by atoms with E-state index in [2.05, 4.69) is 21.2 Å². The van der Waals surface area contributed by atoms with Crippen molar-refractivity contribution < 1.29 is 0 Å². The van der Waals surface area contributed by atoms with Crippen LogP contribution in [-0.2, 0) is 0 Å². The molecule has 2 aromatic rings. The lowest BCUT2D eigenvalue weighted by molar-refractivity contribution is 0.473. The summed E-state index contributed by atoms with van der Waals surface area (Å²) in [6, 6.07) is 8.01. The number of rotatable bonds is 6. The first kappa shape index (κ1) is 22.6. The fraction of sp³-hybridized carbons (Fsp3) is 0.304. The van der Waals surface area contributed by atoms with Crippen LogP contribution in [-0.4, -0.2) is 53.6 Å². The van der Waals surface area contributed by atoms with Gasteiger partial charge in [-0.25, -0.2) is 0 Å². The van der Waals surface area contributed by atoms with E-state index in [0.717, 1.165) is 47.9 Å². The number of aromatic nitrogens is 2. The topological polar surface area (TPSA) is 154 Å². The molecule has 9 heteroatoms. The Morgan fingerprint density at radius 2 is 2.03 bits per heavy atom. The maximum Gasteiger partial charge on any atom is 0.104 e. The number of piperidine rings is 1. The van der Waals surface area contributed by atoms with Gasteiger partial charge in [-0.3, -0.25) is 10.8 Å². The molecule has 0 unspecified atom stereocenters. The first-order valence-electron chi connectivity index (χ1n) is 10.3. The lowest BCUT2D eigenvalue weighted by atomic mass is 9.90. The van der Waals surface area contributed by atoms with Gasteiger partial charge in [-0.1, -0.05) is 12.1 Å². The summed E-state index contributed by atoms with van der Waals surface area (Å²) >= 11 is 0. The van der Waals surface area contributed by atoms with Crippen molar-refractivity contribution in [3.63, 3.8) is 0 Å². The molecule has 0 bridgehead atoms. The van der Waals surface area contributed by atoms with Crippen molar-refractivity contribution in [3.8, 4) is 17.2 Å². The summed E-state index contributed by atoms with van der Waals surface area (Å²) < 4.78 is 0. The Labute approximate surface area is 187 Å². The van der Waals surface area contributed by atoms with Crippen LogP contribution in [0.25, 0.3) is 16.8 Å². The van der Waals surface area contributed by atoms with Gasteiger partial charge in [0.2, 0.25) is 0 Å². The number of nitriles is 1. The van der Waals surface area contributed by atoms with Gasteiger partial charge in [0.25, 0.3) is 0 Å². The maximum atomic E-state index is 10.1. The number of amidine groups is 1. The molecule has 1 aliphatic rings. The lowest BCUT2D eigenvalue weighted by Crippen LogP contribution is -2.41. The predicted octanol–water partition coefficient (Wildman–Crippen LogP) is 3.01.